The maximum absolute atomic E-state index is 12.9. The van der Waals surface area contributed by atoms with Crippen molar-refractivity contribution in [2.45, 2.75) is 57.4 Å². The summed E-state index contributed by atoms with van der Waals surface area (Å²) in [4.78, 5) is 17.5. The number of rotatable bonds is 8. The van der Waals surface area contributed by atoms with Gasteiger partial charge in [0.25, 0.3) is 0 Å². The SMILES string of the molecule is CCCn1c(CCC(=O)Nc2cccc(C)c2)nc2cc(S(=O)(=O)N3CCCC3)ccc21. The topological polar surface area (TPSA) is 84.3 Å². The Labute approximate surface area is 189 Å². The minimum atomic E-state index is -3.49. The number of sulfonamides is 1. The molecule has 1 N–H and O–H groups in total. The second kappa shape index (κ2) is 9.42. The van der Waals surface area contributed by atoms with Crippen molar-refractivity contribution in [2.24, 2.45) is 0 Å². The Morgan fingerprint density at radius 3 is 2.62 bits per heavy atom. The van der Waals surface area contributed by atoms with Crippen molar-refractivity contribution >= 4 is 32.7 Å². The number of aromatic nitrogens is 2. The molecule has 0 atom stereocenters. The van der Waals surface area contributed by atoms with Crippen molar-refractivity contribution in [1.82, 2.24) is 13.9 Å². The van der Waals surface area contributed by atoms with E-state index in [-0.39, 0.29) is 10.8 Å². The third-order valence-corrected chi connectivity index (χ3v) is 7.72. The Balaban J connectivity index is 1.55. The molecule has 0 radical (unpaired) electrons. The lowest BCUT2D eigenvalue weighted by Gasteiger charge is -2.15. The van der Waals surface area contributed by atoms with Crippen LogP contribution in [-0.2, 0) is 27.8 Å². The van der Waals surface area contributed by atoms with Gasteiger partial charge in [-0.3, -0.25) is 4.79 Å². The molecular formula is C24H30N4O3S. The van der Waals surface area contributed by atoms with E-state index in [4.69, 9.17) is 4.98 Å². The molecular weight excluding hydrogens is 424 g/mol. The van der Waals surface area contributed by atoms with Crippen LogP contribution in [0.3, 0.4) is 0 Å². The van der Waals surface area contributed by atoms with Crippen LogP contribution in [0.15, 0.2) is 47.4 Å². The highest BCUT2D eigenvalue weighted by molar-refractivity contribution is 7.89. The molecule has 3 aromatic rings. The van der Waals surface area contributed by atoms with E-state index in [0.29, 0.717) is 31.4 Å². The van der Waals surface area contributed by atoms with Gasteiger partial charge in [-0.2, -0.15) is 4.31 Å². The van der Waals surface area contributed by atoms with Gasteiger partial charge in [-0.15, -0.1) is 0 Å². The fourth-order valence-corrected chi connectivity index (χ4v) is 5.77. The molecule has 1 aliphatic rings. The lowest BCUT2D eigenvalue weighted by Crippen LogP contribution is -2.27. The third kappa shape index (κ3) is 4.71. The highest BCUT2D eigenvalue weighted by Gasteiger charge is 2.27. The number of anilines is 1. The van der Waals surface area contributed by atoms with Crippen molar-refractivity contribution in [3.8, 4) is 0 Å². The Morgan fingerprint density at radius 1 is 1.12 bits per heavy atom. The van der Waals surface area contributed by atoms with E-state index < -0.39 is 10.0 Å². The zero-order valence-electron chi connectivity index (χ0n) is 18.7. The molecule has 0 spiro atoms. The molecule has 0 unspecified atom stereocenters. The number of benzene rings is 2. The first-order valence-corrected chi connectivity index (χ1v) is 12.7. The normalized spacial score (nSPS) is 14.8. The zero-order chi connectivity index (χ0) is 22.7. The van der Waals surface area contributed by atoms with Crippen molar-refractivity contribution in [3.05, 3.63) is 53.9 Å². The second-order valence-electron chi connectivity index (χ2n) is 8.36. The smallest absolute Gasteiger partial charge is 0.243 e. The Hall–Kier alpha value is -2.71. The van der Waals surface area contributed by atoms with Crippen LogP contribution in [0.5, 0.6) is 0 Å². The van der Waals surface area contributed by atoms with E-state index >= 15 is 0 Å². The fourth-order valence-electron chi connectivity index (χ4n) is 4.23. The minimum absolute atomic E-state index is 0.0667. The zero-order valence-corrected chi connectivity index (χ0v) is 19.5. The molecule has 0 bridgehead atoms. The molecule has 7 nitrogen and oxygen atoms in total. The minimum Gasteiger partial charge on any atom is -0.328 e. The first kappa shape index (κ1) is 22.5. The number of carbonyl (C=O) groups excluding carboxylic acids is 1. The van der Waals surface area contributed by atoms with Gasteiger partial charge in [0.1, 0.15) is 5.82 Å². The molecule has 4 rings (SSSR count). The van der Waals surface area contributed by atoms with E-state index in [2.05, 4.69) is 16.8 Å². The number of nitrogens with one attached hydrogen (secondary N) is 1. The van der Waals surface area contributed by atoms with Gasteiger partial charge >= 0.3 is 0 Å². The van der Waals surface area contributed by atoms with Crippen molar-refractivity contribution in [1.29, 1.82) is 0 Å². The van der Waals surface area contributed by atoms with Crippen LogP contribution in [-0.4, -0.2) is 41.3 Å². The molecule has 1 fully saturated rings. The van der Waals surface area contributed by atoms with Gasteiger partial charge in [0.2, 0.25) is 15.9 Å². The number of hydrogen-bond acceptors (Lipinski definition) is 4. The summed E-state index contributed by atoms with van der Waals surface area (Å²) in [6.07, 6.45) is 3.52. The first-order chi connectivity index (χ1) is 15.4. The molecule has 1 saturated heterocycles. The quantitative estimate of drug-likeness (QED) is 0.555. The summed E-state index contributed by atoms with van der Waals surface area (Å²) in [5, 5.41) is 2.94. The lowest BCUT2D eigenvalue weighted by molar-refractivity contribution is -0.116. The number of hydrogen-bond donors (Lipinski definition) is 1. The van der Waals surface area contributed by atoms with E-state index in [1.54, 1.807) is 16.4 Å². The summed E-state index contributed by atoms with van der Waals surface area (Å²) in [7, 11) is -3.49. The van der Waals surface area contributed by atoms with Crippen LogP contribution in [0.4, 0.5) is 5.69 Å². The summed E-state index contributed by atoms with van der Waals surface area (Å²) in [5.41, 5.74) is 3.44. The molecule has 2 aromatic carbocycles. The summed E-state index contributed by atoms with van der Waals surface area (Å²) in [5.74, 6) is 0.736. The predicted octanol–water partition coefficient (Wildman–Crippen LogP) is 4.11. The average Bonchev–Trinajstić information content (AvgIpc) is 3.41. The maximum Gasteiger partial charge on any atom is 0.243 e. The number of imidazole rings is 1. The lowest BCUT2D eigenvalue weighted by atomic mass is 10.2. The largest absolute Gasteiger partial charge is 0.328 e. The van der Waals surface area contributed by atoms with Crippen LogP contribution < -0.4 is 5.32 Å². The molecule has 1 aliphatic heterocycles. The highest BCUT2D eigenvalue weighted by Crippen LogP contribution is 2.26. The fraction of sp³-hybridized carbons (Fsp3) is 0.417. The second-order valence-corrected chi connectivity index (χ2v) is 10.3. The molecule has 8 heteroatoms. The molecule has 1 aromatic heterocycles. The summed E-state index contributed by atoms with van der Waals surface area (Å²) < 4.78 is 29.5. The first-order valence-electron chi connectivity index (χ1n) is 11.2. The van der Waals surface area contributed by atoms with Gasteiger partial charge in [0.15, 0.2) is 0 Å². The molecule has 1 amide bonds. The number of aryl methyl sites for hydroxylation is 3. The van der Waals surface area contributed by atoms with Crippen LogP contribution in [0.2, 0.25) is 0 Å². The van der Waals surface area contributed by atoms with Crippen LogP contribution in [0.25, 0.3) is 11.0 Å². The van der Waals surface area contributed by atoms with Crippen molar-refractivity contribution < 1.29 is 13.2 Å². The molecule has 2 heterocycles. The monoisotopic (exact) mass is 454 g/mol. The third-order valence-electron chi connectivity index (χ3n) is 5.83. The standard InChI is InChI=1S/C24H30N4O3S/c1-3-13-28-22-10-9-20(32(30,31)27-14-4-5-15-27)17-21(22)26-23(28)11-12-24(29)25-19-8-6-7-18(2)16-19/h6-10,16-17H,3-5,11-15H2,1-2H3,(H,25,29). The van der Waals surface area contributed by atoms with Gasteiger partial charge in [0.05, 0.1) is 15.9 Å². The molecule has 170 valence electrons. The molecule has 0 aliphatic carbocycles. The Kier molecular flexibility index (Phi) is 6.62. The number of amides is 1. The van der Waals surface area contributed by atoms with Gasteiger partial charge in [0, 0.05) is 38.2 Å². The van der Waals surface area contributed by atoms with E-state index in [1.165, 1.54) is 0 Å². The summed E-state index contributed by atoms with van der Waals surface area (Å²) in [6.45, 7) is 5.99. The highest BCUT2D eigenvalue weighted by atomic mass is 32.2. The van der Waals surface area contributed by atoms with E-state index in [1.807, 2.05) is 37.3 Å². The van der Waals surface area contributed by atoms with E-state index in [9.17, 15) is 13.2 Å². The van der Waals surface area contributed by atoms with Crippen LogP contribution >= 0.6 is 0 Å². The number of carbonyl (C=O) groups is 1. The van der Waals surface area contributed by atoms with E-state index in [0.717, 1.165) is 48.4 Å². The van der Waals surface area contributed by atoms with Crippen LogP contribution in [0, 0.1) is 6.92 Å². The Bertz CT molecular complexity index is 1230. The van der Waals surface area contributed by atoms with Gasteiger partial charge in [-0.05, 0) is 62.1 Å². The molecule has 0 saturated carbocycles. The van der Waals surface area contributed by atoms with Crippen molar-refractivity contribution in [3.63, 3.8) is 0 Å². The summed E-state index contributed by atoms with van der Waals surface area (Å²) in [6, 6.07) is 12.9. The van der Waals surface area contributed by atoms with Gasteiger partial charge in [-0.1, -0.05) is 19.1 Å². The number of nitrogens with zero attached hydrogens (tertiary/aromatic N) is 3. The molecule has 32 heavy (non-hydrogen) atoms. The Morgan fingerprint density at radius 2 is 1.91 bits per heavy atom. The number of fused-ring (bicyclic) bond motifs is 1. The van der Waals surface area contributed by atoms with Crippen LogP contribution in [0.1, 0.15) is 44.0 Å². The van der Waals surface area contributed by atoms with Gasteiger partial charge in [-0.25, -0.2) is 13.4 Å². The summed E-state index contributed by atoms with van der Waals surface area (Å²) >= 11 is 0. The predicted molar refractivity (Wildman–Crippen MR) is 126 cm³/mol. The van der Waals surface area contributed by atoms with Gasteiger partial charge < -0.3 is 9.88 Å². The average molecular weight is 455 g/mol. The van der Waals surface area contributed by atoms with Crippen molar-refractivity contribution in [2.75, 3.05) is 18.4 Å². The maximum atomic E-state index is 12.9.